The van der Waals surface area contributed by atoms with E-state index in [1.54, 1.807) is 0 Å². The second-order valence-electron chi connectivity index (χ2n) is 13.3. The summed E-state index contributed by atoms with van der Waals surface area (Å²) in [6, 6.07) is 0. The van der Waals surface area contributed by atoms with E-state index in [4.69, 9.17) is 31.3 Å². The van der Waals surface area contributed by atoms with Crippen LogP contribution < -0.4 is 0 Å². The minimum absolute atomic E-state index is 0.437. The normalized spacial score (nSPS) is 22.5. The number of hydrogen-bond acceptors (Lipinski definition) is 9. The molecule has 2 aliphatic heterocycles. The second kappa shape index (κ2) is 14.3. The molecule has 0 aliphatic carbocycles. The summed E-state index contributed by atoms with van der Waals surface area (Å²) in [7, 11) is -9.79. The van der Waals surface area contributed by atoms with Crippen molar-refractivity contribution in [3.8, 4) is 0 Å². The highest BCUT2D eigenvalue weighted by molar-refractivity contribution is 6.85. The van der Waals surface area contributed by atoms with E-state index in [2.05, 4.69) is 90.6 Å². The van der Waals surface area contributed by atoms with Gasteiger partial charge in [-0.05, 0) is 80.8 Å². The summed E-state index contributed by atoms with van der Waals surface area (Å²) in [6.07, 6.45) is 1.69. The molecule has 2 atom stereocenters. The van der Waals surface area contributed by atoms with Gasteiger partial charge in [0, 0.05) is 51.7 Å². The molecule has 0 saturated carbocycles. The van der Waals surface area contributed by atoms with Gasteiger partial charge in [0.1, 0.15) is 0 Å². The number of morpholine rings is 2. The Labute approximate surface area is 243 Å². The van der Waals surface area contributed by atoms with E-state index < -0.39 is 44.2 Å². The molecular formula is C26H60N2O7Si4. The van der Waals surface area contributed by atoms with E-state index in [1.807, 2.05) is 0 Å². The zero-order valence-corrected chi connectivity index (χ0v) is 31.2. The molecule has 0 aromatic carbocycles. The van der Waals surface area contributed by atoms with Crippen molar-refractivity contribution in [1.29, 1.82) is 0 Å². The summed E-state index contributed by atoms with van der Waals surface area (Å²) in [5.74, 6) is 0. The lowest BCUT2D eigenvalue weighted by Gasteiger charge is -2.52. The fourth-order valence-electron chi connectivity index (χ4n) is 5.37. The Kier molecular flexibility index (Phi) is 13.1. The van der Waals surface area contributed by atoms with Crippen molar-refractivity contribution in [2.45, 2.75) is 91.3 Å². The van der Waals surface area contributed by atoms with Crippen LogP contribution in [0.15, 0.2) is 0 Å². The van der Waals surface area contributed by atoms with Crippen molar-refractivity contribution in [3.05, 3.63) is 0 Å². The summed E-state index contributed by atoms with van der Waals surface area (Å²) < 4.78 is 45.3. The van der Waals surface area contributed by atoms with E-state index >= 15 is 0 Å². The minimum Gasteiger partial charge on any atom is -0.433 e. The van der Waals surface area contributed by atoms with Gasteiger partial charge in [0.25, 0.3) is 0 Å². The van der Waals surface area contributed by atoms with Gasteiger partial charge < -0.3 is 31.3 Å². The maximum Gasteiger partial charge on any atom is 0.349 e. The van der Waals surface area contributed by atoms with Crippen molar-refractivity contribution in [3.63, 3.8) is 0 Å². The van der Waals surface area contributed by atoms with Crippen LogP contribution in [0.1, 0.15) is 41.5 Å². The first-order chi connectivity index (χ1) is 17.9. The first kappa shape index (κ1) is 35.7. The molecule has 0 N–H and O–H groups in total. The fraction of sp³-hybridized carbons (Fsp3) is 1.00. The van der Waals surface area contributed by atoms with E-state index in [0.717, 1.165) is 64.9 Å². The molecule has 232 valence electrons. The molecule has 0 bridgehead atoms. The average molecular weight is 625 g/mol. The zero-order chi connectivity index (χ0) is 29.6. The van der Waals surface area contributed by atoms with Crippen LogP contribution in [-0.4, -0.2) is 132 Å². The number of rotatable bonds is 16. The van der Waals surface area contributed by atoms with Crippen LogP contribution in [0.5, 0.6) is 0 Å². The maximum absolute atomic E-state index is 7.20. The third-order valence-corrected chi connectivity index (χ3v) is 24.5. The Morgan fingerprint density at radius 3 is 1.41 bits per heavy atom. The van der Waals surface area contributed by atoms with Gasteiger partial charge in [-0.25, -0.2) is 0 Å². The van der Waals surface area contributed by atoms with E-state index in [9.17, 15) is 0 Å². The van der Waals surface area contributed by atoms with Crippen LogP contribution in [0, 0.1) is 0 Å². The first-order valence-corrected chi connectivity index (χ1v) is 25.7. The van der Waals surface area contributed by atoms with E-state index in [-0.39, 0.29) is 0 Å². The Hall–Kier alpha value is 0.508. The van der Waals surface area contributed by atoms with Crippen LogP contribution in [0.25, 0.3) is 0 Å². The molecular weight excluding hydrogens is 565 g/mol. The molecule has 2 fully saturated rings. The molecule has 39 heavy (non-hydrogen) atoms. The smallest absolute Gasteiger partial charge is 0.349 e. The fourth-order valence-corrected chi connectivity index (χ4v) is 20.9. The zero-order valence-electron chi connectivity index (χ0n) is 27.2. The SMILES string of the molecule is CCO[Si](C)(CN1CCOCC1)OC(C)(C)[Si](C)(C)OC(C)(C)[Si](C)(C)O[Si](C)(CN1CCOCC1)OCC. The summed E-state index contributed by atoms with van der Waals surface area (Å²) in [5, 5.41) is -0.890. The van der Waals surface area contributed by atoms with Crippen molar-refractivity contribution in [1.82, 2.24) is 9.80 Å². The minimum atomic E-state index is -2.50. The van der Waals surface area contributed by atoms with Gasteiger partial charge in [-0.2, -0.15) is 0 Å². The van der Waals surface area contributed by atoms with Crippen LogP contribution in [0.3, 0.4) is 0 Å². The highest BCUT2D eigenvalue weighted by Crippen LogP contribution is 2.37. The second-order valence-corrected chi connectivity index (χ2v) is 28.7. The molecule has 9 nitrogen and oxygen atoms in total. The predicted molar refractivity (Wildman–Crippen MR) is 167 cm³/mol. The monoisotopic (exact) mass is 624 g/mol. The van der Waals surface area contributed by atoms with Crippen molar-refractivity contribution >= 4 is 33.8 Å². The van der Waals surface area contributed by atoms with Gasteiger partial charge in [-0.15, -0.1) is 0 Å². The van der Waals surface area contributed by atoms with Gasteiger partial charge >= 0.3 is 17.1 Å². The highest BCUT2D eigenvalue weighted by Gasteiger charge is 2.56. The van der Waals surface area contributed by atoms with Crippen molar-refractivity contribution in [2.75, 3.05) is 78.2 Å². The third kappa shape index (κ3) is 10.3. The quantitative estimate of drug-likeness (QED) is 0.237. The van der Waals surface area contributed by atoms with E-state index in [0.29, 0.717) is 13.2 Å². The Bertz CT molecular complexity index is 690. The number of hydrogen-bond donors (Lipinski definition) is 0. The molecule has 2 aliphatic rings. The Morgan fingerprint density at radius 2 is 0.974 bits per heavy atom. The standard InChI is InChI=1S/C26H60N2O7Si4/c1-13-31-38(11,23-27-15-19-29-20-16-27)34-26(5,6)36(7,8)33-25(3,4)37(9,10)35-39(12,32-14-2)24-28-17-21-30-22-18-28/h13-24H2,1-12H3. The van der Waals surface area contributed by atoms with Crippen LogP contribution in [0.4, 0.5) is 0 Å². The van der Waals surface area contributed by atoms with Crippen molar-refractivity contribution < 1.29 is 31.3 Å². The third-order valence-electron chi connectivity index (χ3n) is 8.48. The molecule has 13 heteroatoms. The number of nitrogens with zero attached hydrogens (tertiary/aromatic N) is 2. The summed E-state index contributed by atoms with van der Waals surface area (Å²) in [6.45, 7) is 34.6. The largest absolute Gasteiger partial charge is 0.433 e. The highest BCUT2D eigenvalue weighted by atomic mass is 28.4. The predicted octanol–water partition coefficient (Wildman–Crippen LogP) is 4.04. The lowest BCUT2D eigenvalue weighted by molar-refractivity contribution is 0.0268. The Morgan fingerprint density at radius 1 is 0.590 bits per heavy atom. The Balaban J connectivity index is 2.18. The topological polar surface area (TPSA) is 71.1 Å². The summed E-state index contributed by atoms with van der Waals surface area (Å²) in [5.41, 5.74) is 0. The van der Waals surface area contributed by atoms with E-state index in [1.165, 1.54) is 0 Å². The molecule has 0 aromatic heterocycles. The lowest BCUT2D eigenvalue weighted by Crippen LogP contribution is -2.69. The van der Waals surface area contributed by atoms with Gasteiger partial charge in [0.15, 0.2) is 0 Å². The van der Waals surface area contributed by atoms with Crippen molar-refractivity contribution in [2.24, 2.45) is 0 Å². The molecule has 0 spiro atoms. The van der Waals surface area contributed by atoms with Crippen LogP contribution in [0.2, 0.25) is 39.3 Å². The maximum atomic E-state index is 7.20. The molecule has 2 rings (SSSR count). The average Bonchev–Trinajstić information content (AvgIpc) is 2.78. The lowest BCUT2D eigenvalue weighted by atomic mass is 10.5. The molecule has 0 radical (unpaired) electrons. The number of ether oxygens (including phenoxy) is 2. The molecule has 2 unspecified atom stereocenters. The molecule has 2 saturated heterocycles. The van der Waals surface area contributed by atoms with Gasteiger partial charge in [-0.3, -0.25) is 9.80 Å². The first-order valence-electron chi connectivity index (χ1n) is 14.9. The summed E-state index contributed by atoms with van der Waals surface area (Å²) >= 11 is 0. The van der Waals surface area contributed by atoms with Gasteiger partial charge in [-0.1, -0.05) is 0 Å². The molecule has 0 aromatic rings. The molecule has 2 heterocycles. The molecule has 0 amide bonds. The van der Waals surface area contributed by atoms with Crippen LogP contribution in [-0.2, 0) is 31.3 Å². The van der Waals surface area contributed by atoms with Gasteiger partial charge in [0.05, 0.1) is 36.9 Å². The van der Waals surface area contributed by atoms with Gasteiger partial charge in [0.2, 0.25) is 16.6 Å². The summed E-state index contributed by atoms with van der Waals surface area (Å²) in [4.78, 5) is 4.87. The van der Waals surface area contributed by atoms with Crippen LogP contribution >= 0.6 is 0 Å².